The maximum absolute atomic E-state index is 12.2. The maximum atomic E-state index is 12.2. The van der Waals surface area contributed by atoms with Crippen LogP contribution in [0.3, 0.4) is 0 Å². The van der Waals surface area contributed by atoms with E-state index in [0.29, 0.717) is 23.5 Å². The molecule has 0 heterocycles. The average molecular weight is 291 g/mol. The number of hydrogen-bond donors (Lipinski definition) is 0. The average Bonchev–Trinajstić information content (AvgIpc) is 2.66. The van der Waals surface area contributed by atoms with Gasteiger partial charge in [-0.25, -0.2) is 0 Å². The summed E-state index contributed by atoms with van der Waals surface area (Å²) in [4.78, 5) is 12.2. The molecule has 2 aliphatic carbocycles. The summed E-state index contributed by atoms with van der Waals surface area (Å²) < 4.78 is 0. The van der Waals surface area contributed by atoms with Crippen LogP contribution >= 0.6 is 0 Å². The van der Waals surface area contributed by atoms with E-state index in [2.05, 4.69) is 45.0 Å². The van der Waals surface area contributed by atoms with Crippen molar-refractivity contribution in [1.29, 1.82) is 0 Å². The van der Waals surface area contributed by atoms with E-state index in [1.807, 2.05) is 0 Å². The van der Waals surface area contributed by atoms with Crippen molar-refractivity contribution in [3.63, 3.8) is 0 Å². The zero-order chi connectivity index (χ0) is 15.0. The Balaban J connectivity index is 2.05. The van der Waals surface area contributed by atoms with Gasteiger partial charge in [0.15, 0.2) is 0 Å². The van der Waals surface area contributed by atoms with Crippen LogP contribution in [0.1, 0.15) is 52.4 Å². The number of rotatable bonds is 2. The van der Waals surface area contributed by atoms with Gasteiger partial charge in [0.25, 0.3) is 0 Å². The number of fused-ring (bicyclic) bond motifs is 1. The summed E-state index contributed by atoms with van der Waals surface area (Å²) in [6.07, 6.45) is 6.58. The lowest BCUT2D eigenvalue weighted by Crippen LogP contribution is -2.39. The number of Topliss-reactive ketones (excluding diaryl/α,β-unsaturated/α-hetero) is 1. The highest BCUT2D eigenvalue weighted by atomic mass is 28.3. The van der Waals surface area contributed by atoms with Gasteiger partial charge in [0, 0.05) is 18.8 Å². The standard InChI is InChI=1S/C18H30OSi/c1-14(8-7-13-20(3,4)5)15-10-11-16-17(19)9-6-12-18(15,16)2/h14-16H,6,8-12H2,1-5H3/t14-,15-,16+,18-/m1/s1. The zero-order valence-corrected chi connectivity index (χ0v) is 14.9. The lowest BCUT2D eigenvalue weighted by molar-refractivity contribution is -0.130. The Hall–Kier alpha value is -0.553. The number of hydrogen-bond acceptors (Lipinski definition) is 1. The van der Waals surface area contributed by atoms with Gasteiger partial charge in [-0.2, -0.15) is 0 Å². The van der Waals surface area contributed by atoms with E-state index >= 15 is 0 Å². The van der Waals surface area contributed by atoms with Crippen LogP contribution in [0.4, 0.5) is 0 Å². The highest BCUT2D eigenvalue weighted by Gasteiger charge is 2.52. The van der Waals surface area contributed by atoms with Crippen molar-refractivity contribution in [3.8, 4) is 11.5 Å². The molecule has 0 bridgehead atoms. The third-order valence-electron chi connectivity index (χ3n) is 5.51. The first kappa shape index (κ1) is 15.8. The summed E-state index contributed by atoms with van der Waals surface area (Å²) in [6.45, 7) is 11.7. The smallest absolute Gasteiger partial charge is 0.136 e. The SMILES string of the molecule is C[C@H](CC#C[Si](C)(C)C)[C@H]1CC[C@H]2C(=O)CCC[C@]12C. The van der Waals surface area contributed by atoms with Crippen molar-refractivity contribution >= 4 is 13.9 Å². The highest BCUT2D eigenvalue weighted by Crippen LogP contribution is 2.56. The minimum atomic E-state index is -1.24. The predicted molar refractivity (Wildman–Crippen MR) is 88.1 cm³/mol. The zero-order valence-electron chi connectivity index (χ0n) is 13.9. The molecule has 2 saturated carbocycles. The Morgan fingerprint density at radius 2 is 2.05 bits per heavy atom. The first-order chi connectivity index (χ1) is 9.24. The number of carbonyl (C=O) groups excluding carboxylic acids is 1. The summed E-state index contributed by atoms with van der Waals surface area (Å²) in [5.41, 5.74) is 3.76. The van der Waals surface area contributed by atoms with Crippen LogP contribution in [0, 0.1) is 34.6 Å². The first-order valence-corrected chi connectivity index (χ1v) is 11.8. The summed E-state index contributed by atoms with van der Waals surface area (Å²) in [5.74, 6) is 5.69. The molecule has 112 valence electrons. The van der Waals surface area contributed by atoms with Crippen LogP contribution < -0.4 is 0 Å². The second kappa shape index (κ2) is 5.68. The second-order valence-corrected chi connectivity index (χ2v) is 13.0. The molecule has 0 spiro atoms. The molecule has 2 aliphatic rings. The molecule has 1 nitrogen and oxygen atoms in total. The van der Waals surface area contributed by atoms with E-state index in [4.69, 9.17) is 0 Å². The molecule has 2 heteroatoms. The predicted octanol–water partition coefficient (Wildman–Crippen LogP) is 4.68. The Bertz CT molecular complexity index is 437. The summed E-state index contributed by atoms with van der Waals surface area (Å²) in [5, 5.41) is 0. The molecule has 20 heavy (non-hydrogen) atoms. The molecule has 0 amide bonds. The van der Waals surface area contributed by atoms with Crippen LogP contribution in [0.2, 0.25) is 19.6 Å². The van der Waals surface area contributed by atoms with Crippen LogP contribution in [0.25, 0.3) is 0 Å². The van der Waals surface area contributed by atoms with Crippen molar-refractivity contribution in [1.82, 2.24) is 0 Å². The lowest BCUT2D eigenvalue weighted by Gasteiger charge is -2.42. The summed E-state index contributed by atoms with van der Waals surface area (Å²) in [6, 6.07) is 0. The van der Waals surface area contributed by atoms with Gasteiger partial charge in [-0.05, 0) is 42.9 Å². The maximum Gasteiger partial charge on any atom is 0.136 e. The van der Waals surface area contributed by atoms with Crippen molar-refractivity contribution in [2.75, 3.05) is 0 Å². The molecule has 0 radical (unpaired) electrons. The van der Waals surface area contributed by atoms with E-state index in [9.17, 15) is 4.79 Å². The van der Waals surface area contributed by atoms with Gasteiger partial charge in [0.1, 0.15) is 13.9 Å². The van der Waals surface area contributed by atoms with Gasteiger partial charge in [0.05, 0.1) is 0 Å². The van der Waals surface area contributed by atoms with E-state index in [0.717, 1.165) is 25.7 Å². The minimum absolute atomic E-state index is 0.273. The Morgan fingerprint density at radius 1 is 1.35 bits per heavy atom. The summed E-state index contributed by atoms with van der Waals surface area (Å²) >= 11 is 0. The second-order valence-electron chi connectivity index (χ2n) is 8.30. The highest BCUT2D eigenvalue weighted by molar-refractivity contribution is 6.83. The van der Waals surface area contributed by atoms with E-state index < -0.39 is 8.07 Å². The molecular weight excluding hydrogens is 260 g/mol. The van der Waals surface area contributed by atoms with E-state index in [1.54, 1.807) is 0 Å². The fourth-order valence-electron chi connectivity index (χ4n) is 4.52. The van der Waals surface area contributed by atoms with Gasteiger partial charge in [0.2, 0.25) is 0 Å². The molecule has 0 aliphatic heterocycles. The van der Waals surface area contributed by atoms with Crippen molar-refractivity contribution in [3.05, 3.63) is 0 Å². The van der Waals surface area contributed by atoms with Gasteiger partial charge in [-0.15, -0.1) is 11.5 Å². The Labute approximate surface area is 125 Å². The molecule has 0 saturated heterocycles. The monoisotopic (exact) mass is 290 g/mol. The van der Waals surface area contributed by atoms with Gasteiger partial charge < -0.3 is 0 Å². The first-order valence-electron chi connectivity index (χ1n) is 8.27. The molecule has 0 aromatic rings. The normalized spacial score (nSPS) is 35.1. The van der Waals surface area contributed by atoms with E-state index in [1.165, 1.54) is 12.8 Å². The molecule has 2 fully saturated rings. The van der Waals surface area contributed by atoms with Crippen molar-refractivity contribution < 1.29 is 4.79 Å². The summed E-state index contributed by atoms with van der Waals surface area (Å²) in [7, 11) is -1.24. The molecular formula is C18H30OSi. The molecule has 0 aromatic carbocycles. The molecule has 2 rings (SSSR count). The topological polar surface area (TPSA) is 17.1 Å². The lowest BCUT2D eigenvalue weighted by atomic mass is 9.62. The van der Waals surface area contributed by atoms with Gasteiger partial charge in [-0.1, -0.05) is 33.5 Å². The Kier molecular flexibility index (Phi) is 4.49. The Morgan fingerprint density at radius 3 is 2.70 bits per heavy atom. The quantitative estimate of drug-likeness (QED) is 0.533. The molecule has 4 atom stereocenters. The third kappa shape index (κ3) is 3.19. The van der Waals surface area contributed by atoms with Crippen LogP contribution in [-0.4, -0.2) is 13.9 Å². The van der Waals surface area contributed by atoms with Gasteiger partial charge in [-0.3, -0.25) is 4.79 Å². The van der Waals surface area contributed by atoms with Crippen LogP contribution in [0.15, 0.2) is 0 Å². The fourth-order valence-corrected chi connectivity index (χ4v) is 5.16. The van der Waals surface area contributed by atoms with E-state index in [-0.39, 0.29) is 5.41 Å². The van der Waals surface area contributed by atoms with Crippen LogP contribution in [-0.2, 0) is 4.79 Å². The fraction of sp³-hybridized carbons (Fsp3) is 0.833. The van der Waals surface area contributed by atoms with Crippen molar-refractivity contribution in [2.24, 2.45) is 23.2 Å². The number of carbonyl (C=O) groups is 1. The molecule has 0 unspecified atom stereocenters. The molecule has 0 N–H and O–H groups in total. The van der Waals surface area contributed by atoms with Crippen molar-refractivity contribution in [2.45, 2.75) is 72.0 Å². The largest absolute Gasteiger partial charge is 0.299 e. The minimum Gasteiger partial charge on any atom is -0.299 e. The van der Waals surface area contributed by atoms with Gasteiger partial charge >= 0.3 is 0 Å². The third-order valence-corrected chi connectivity index (χ3v) is 6.44. The number of ketones is 1. The van der Waals surface area contributed by atoms with Crippen LogP contribution in [0.5, 0.6) is 0 Å². The molecule has 0 aromatic heterocycles.